The Labute approximate surface area is 175 Å². The van der Waals surface area contributed by atoms with Crippen LogP contribution in [0, 0.1) is 6.92 Å². The molecule has 2 aromatic carbocycles. The van der Waals surface area contributed by atoms with Crippen molar-refractivity contribution >= 4 is 50.5 Å². The molecule has 0 unspecified atom stereocenters. The molecule has 0 bridgehead atoms. The van der Waals surface area contributed by atoms with Crippen LogP contribution in [0.25, 0.3) is 0 Å². The number of anilines is 2. The van der Waals surface area contributed by atoms with Crippen molar-refractivity contribution in [2.75, 3.05) is 23.0 Å². The maximum atomic E-state index is 12.9. The molecule has 0 aliphatic rings. The fourth-order valence-corrected chi connectivity index (χ4v) is 4.51. The number of amides is 1. The molecule has 0 aliphatic carbocycles. The van der Waals surface area contributed by atoms with Gasteiger partial charge in [0, 0.05) is 10.7 Å². The van der Waals surface area contributed by atoms with Crippen molar-refractivity contribution in [3.05, 3.63) is 52.0 Å². The number of ether oxygens (including phenoxy) is 1. The highest BCUT2D eigenvalue weighted by Crippen LogP contribution is 2.31. The molecule has 1 N–H and O–H groups in total. The van der Waals surface area contributed by atoms with Gasteiger partial charge in [0.1, 0.15) is 11.8 Å². The van der Waals surface area contributed by atoms with Gasteiger partial charge >= 0.3 is 0 Å². The summed E-state index contributed by atoms with van der Waals surface area (Å²) < 4.78 is 31.3. The Morgan fingerprint density at radius 1 is 1.21 bits per heavy atom. The van der Waals surface area contributed by atoms with Crippen LogP contribution in [0.5, 0.6) is 5.75 Å². The first-order valence-electron chi connectivity index (χ1n) is 8.48. The van der Waals surface area contributed by atoms with E-state index in [1.165, 1.54) is 13.2 Å². The highest BCUT2D eigenvalue weighted by Gasteiger charge is 2.32. The predicted octanol–water partition coefficient (Wildman–Crippen LogP) is 4.49. The smallest absolute Gasteiger partial charge is 0.248 e. The van der Waals surface area contributed by atoms with E-state index in [0.29, 0.717) is 32.7 Å². The topological polar surface area (TPSA) is 75.7 Å². The number of benzene rings is 2. The van der Waals surface area contributed by atoms with E-state index in [4.69, 9.17) is 27.9 Å². The van der Waals surface area contributed by atoms with Crippen LogP contribution in [0.1, 0.15) is 18.9 Å². The van der Waals surface area contributed by atoms with E-state index in [1.807, 2.05) is 0 Å². The van der Waals surface area contributed by atoms with E-state index in [9.17, 15) is 13.2 Å². The van der Waals surface area contributed by atoms with Crippen LogP contribution < -0.4 is 14.4 Å². The third kappa shape index (κ3) is 5.10. The maximum Gasteiger partial charge on any atom is 0.248 e. The Bertz CT molecular complexity index is 980. The molecular weight excluding hydrogens is 423 g/mol. The third-order valence-electron chi connectivity index (χ3n) is 4.16. The summed E-state index contributed by atoms with van der Waals surface area (Å²) in [7, 11) is -2.27. The largest absolute Gasteiger partial charge is 0.495 e. The molecule has 0 fully saturated rings. The fraction of sp³-hybridized carbons (Fsp3) is 0.316. The lowest BCUT2D eigenvalue weighted by Crippen LogP contribution is -2.47. The second kappa shape index (κ2) is 9.03. The molecule has 2 aromatic rings. The number of nitrogens with zero attached hydrogens (tertiary/aromatic N) is 1. The highest BCUT2D eigenvalue weighted by molar-refractivity contribution is 7.92. The van der Waals surface area contributed by atoms with E-state index in [0.717, 1.165) is 10.6 Å². The Balaban J connectivity index is 2.42. The van der Waals surface area contributed by atoms with Gasteiger partial charge in [0.2, 0.25) is 15.9 Å². The number of aryl methyl sites for hydroxylation is 1. The molecule has 2 rings (SSSR count). The van der Waals surface area contributed by atoms with Crippen LogP contribution in [0.4, 0.5) is 11.4 Å². The zero-order valence-electron chi connectivity index (χ0n) is 16.0. The molecule has 1 atom stereocenters. The van der Waals surface area contributed by atoms with E-state index >= 15 is 0 Å². The van der Waals surface area contributed by atoms with Gasteiger partial charge in [-0.2, -0.15) is 0 Å². The maximum absolute atomic E-state index is 12.9. The van der Waals surface area contributed by atoms with Gasteiger partial charge in [0.15, 0.2) is 0 Å². The van der Waals surface area contributed by atoms with E-state index in [-0.39, 0.29) is 6.42 Å². The van der Waals surface area contributed by atoms with E-state index < -0.39 is 22.0 Å². The van der Waals surface area contributed by atoms with Gasteiger partial charge in [-0.3, -0.25) is 9.10 Å². The van der Waals surface area contributed by atoms with Crippen molar-refractivity contribution in [2.45, 2.75) is 26.3 Å². The van der Waals surface area contributed by atoms with E-state index in [1.54, 1.807) is 44.2 Å². The van der Waals surface area contributed by atoms with Crippen molar-refractivity contribution < 1.29 is 17.9 Å². The fourth-order valence-electron chi connectivity index (χ4n) is 2.83. The normalized spacial score (nSPS) is 12.4. The summed E-state index contributed by atoms with van der Waals surface area (Å²) >= 11 is 12.2. The van der Waals surface area contributed by atoms with Gasteiger partial charge in [-0.1, -0.05) is 36.2 Å². The van der Waals surface area contributed by atoms with Crippen molar-refractivity contribution in [1.29, 1.82) is 0 Å². The number of carbonyl (C=O) groups excluding carboxylic acids is 1. The average Bonchev–Trinajstić information content (AvgIpc) is 2.61. The monoisotopic (exact) mass is 444 g/mol. The summed E-state index contributed by atoms with van der Waals surface area (Å²) in [5.41, 5.74) is 1.49. The number of sulfonamides is 1. The lowest BCUT2D eigenvalue weighted by molar-refractivity contribution is -0.117. The first-order chi connectivity index (χ1) is 13.1. The average molecular weight is 445 g/mol. The number of halogens is 2. The molecule has 6 nitrogen and oxygen atoms in total. The van der Waals surface area contributed by atoms with Gasteiger partial charge in [0.05, 0.1) is 24.1 Å². The van der Waals surface area contributed by atoms with Crippen molar-refractivity contribution in [1.82, 2.24) is 0 Å². The van der Waals surface area contributed by atoms with Crippen LogP contribution in [0.15, 0.2) is 36.4 Å². The quantitative estimate of drug-likeness (QED) is 0.681. The molecular formula is C19H22Cl2N2O4S. The van der Waals surface area contributed by atoms with Crippen molar-refractivity contribution in [3.8, 4) is 5.75 Å². The summed E-state index contributed by atoms with van der Waals surface area (Å²) in [4.78, 5) is 12.9. The molecule has 0 heterocycles. The van der Waals surface area contributed by atoms with Gasteiger partial charge in [-0.15, -0.1) is 0 Å². The molecule has 1 amide bonds. The van der Waals surface area contributed by atoms with Gasteiger partial charge < -0.3 is 10.1 Å². The minimum atomic E-state index is -3.76. The van der Waals surface area contributed by atoms with E-state index in [2.05, 4.69) is 5.32 Å². The van der Waals surface area contributed by atoms with Crippen LogP contribution in [0.3, 0.4) is 0 Å². The van der Waals surface area contributed by atoms with Crippen molar-refractivity contribution in [2.24, 2.45) is 0 Å². The first kappa shape index (κ1) is 22.3. The number of methoxy groups -OCH3 is 1. The second-order valence-electron chi connectivity index (χ2n) is 6.25. The Morgan fingerprint density at radius 3 is 2.43 bits per heavy atom. The number of carbonyl (C=O) groups is 1. The highest BCUT2D eigenvalue weighted by atomic mass is 35.5. The molecule has 152 valence electrons. The first-order valence-corrected chi connectivity index (χ1v) is 11.1. The second-order valence-corrected chi connectivity index (χ2v) is 8.96. The molecule has 0 saturated heterocycles. The zero-order chi connectivity index (χ0) is 21.1. The van der Waals surface area contributed by atoms with Crippen LogP contribution in [0.2, 0.25) is 10.0 Å². The molecule has 0 aromatic heterocycles. The number of rotatable bonds is 7. The predicted molar refractivity (Wildman–Crippen MR) is 114 cm³/mol. The Hall–Kier alpha value is -1.96. The summed E-state index contributed by atoms with van der Waals surface area (Å²) in [5.74, 6) is -0.00689. The summed E-state index contributed by atoms with van der Waals surface area (Å²) in [6.45, 7) is 3.50. The zero-order valence-corrected chi connectivity index (χ0v) is 18.3. The van der Waals surface area contributed by atoms with Gasteiger partial charge in [-0.25, -0.2) is 8.42 Å². The number of nitrogens with one attached hydrogen (secondary N) is 1. The summed E-state index contributed by atoms with van der Waals surface area (Å²) in [6.07, 6.45) is 1.32. The summed E-state index contributed by atoms with van der Waals surface area (Å²) in [6, 6.07) is 8.75. The van der Waals surface area contributed by atoms with Gasteiger partial charge in [0.25, 0.3) is 0 Å². The standard InChI is InChI=1S/C19H22Cl2N2O4S/c1-5-16(19(24)22-14-8-9-18(27-3)15(21)11-14)23(28(4,25)26)17-10-13(20)7-6-12(17)2/h6-11,16H,5H2,1-4H3,(H,22,24)/t16-/m0/s1. The minimum Gasteiger partial charge on any atom is -0.495 e. The molecule has 0 spiro atoms. The number of hydrogen-bond donors (Lipinski definition) is 1. The van der Waals surface area contributed by atoms with Crippen molar-refractivity contribution in [3.63, 3.8) is 0 Å². The lowest BCUT2D eigenvalue weighted by Gasteiger charge is -2.31. The lowest BCUT2D eigenvalue weighted by atomic mass is 10.1. The summed E-state index contributed by atoms with van der Waals surface area (Å²) in [5, 5.41) is 3.44. The molecule has 0 aliphatic heterocycles. The van der Waals surface area contributed by atoms with Gasteiger partial charge in [-0.05, 0) is 49.2 Å². The molecule has 0 saturated carbocycles. The van der Waals surface area contributed by atoms with Crippen LogP contribution in [-0.4, -0.2) is 33.7 Å². The number of hydrogen-bond acceptors (Lipinski definition) is 4. The van der Waals surface area contributed by atoms with Crippen LogP contribution >= 0.6 is 23.2 Å². The molecule has 0 radical (unpaired) electrons. The van der Waals surface area contributed by atoms with Crippen LogP contribution in [-0.2, 0) is 14.8 Å². The Kier molecular flexibility index (Phi) is 7.20. The molecule has 9 heteroatoms. The third-order valence-corrected chi connectivity index (χ3v) is 5.85. The Morgan fingerprint density at radius 2 is 1.89 bits per heavy atom. The minimum absolute atomic E-state index is 0.259. The molecule has 28 heavy (non-hydrogen) atoms. The SMILES string of the molecule is CC[C@@H](C(=O)Nc1ccc(OC)c(Cl)c1)N(c1cc(Cl)ccc1C)S(C)(=O)=O.